The summed E-state index contributed by atoms with van der Waals surface area (Å²) in [5, 5.41) is 7.84. The first-order chi connectivity index (χ1) is 10.7. The second-order valence-corrected chi connectivity index (χ2v) is 5.36. The average Bonchev–Trinajstić information content (AvgIpc) is 2.99. The highest BCUT2D eigenvalue weighted by molar-refractivity contribution is 5.75. The molecule has 2 aromatic heterocycles. The van der Waals surface area contributed by atoms with E-state index in [9.17, 15) is 0 Å². The standard InChI is InChI=1S/C16H18N4O2/c1-10-5-4-6-12(11(10)2)13-7-18-14(8-17-13)16-20-19-15(22-16)9-21-3/h4,6-8,10H,5,9H2,1-3H3. The molecule has 2 heterocycles. The third kappa shape index (κ3) is 2.82. The second-order valence-electron chi connectivity index (χ2n) is 5.36. The molecule has 0 saturated heterocycles. The third-order valence-electron chi connectivity index (χ3n) is 3.82. The van der Waals surface area contributed by atoms with Crippen LogP contribution in [0.25, 0.3) is 17.2 Å². The molecule has 0 bridgehead atoms. The van der Waals surface area contributed by atoms with Crippen molar-refractivity contribution in [3.63, 3.8) is 0 Å². The Morgan fingerprint density at radius 1 is 1.23 bits per heavy atom. The molecule has 0 aliphatic heterocycles. The molecule has 0 radical (unpaired) electrons. The summed E-state index contributed by atoms with van der Waals surface area (Å²) in [6, 6.07) is 0. The maximum Gasteiger partial charge on any atom is 0.267 e. The molecule has 1 unspecified atom stereocenters. The average molecular weight is 298 g/mol. The Labute approximate surface area is 129 Å². The SMILES string of the molecule is COCc1nnc(-c2cnc(C3=C(C)C(C)CC=C3)cn2)o1. The summed E-state index contributed by atoms with van der Waals surface area (Å²) in [6.07, 6.45) is 8.77. The van der Waals surface area contributed by atoms with Gasteiger partial charge < -0.3 is 9.15 Å². The van der Waals surface area contributed by atoms with Gasteiger partial charge in [-0.15, -0.1) is 10.2 Å². The maximum atomic E-state index is 5.46. The zero-order valence-corrected chi connectivity index (χ0v) is 12.9. The minimum atomic E-state index is 0.285. The van der Waals surface area contributed by atoms with Gasteiger partial charge in [-0.3, -0.25) is 4.98 Å². The van der Waals surface area contributed by atoms with Crippen molar-refractivity contribution in [2.45, 2.75) is 26.9 Å². The fourth-order valence-corrected chi connectivity index (χ4v) is 2.37. The molecule has 22 heavy (non-hydrogen) atoms. The summed E-state index contributed by atoms with van der Waals surface area (Å²) < 4.78 is 10.4. The molecule has 0 saturated carbocycles. The smallest absolute Gasteiger partial charge is 0.267 e. The van der Waals surface area contributed by atoms with Gasteiger partial charge in [0.15, 0.2) is 0 Å². The van der Waals surface area contributed by atoms with Gasteiger partial charge in [0.05, 0.1) is 18.1 Å². The third-order valence-corrected chi connectivity index (χ3v) is 3.82. The normalized spacial score (nSPS) is 18.0. The molecule has 6 nitrogen and oxygen atoms in total. The Hall–Kier alpha value is -2.34. The minimum absolute atomic E-state index is 0.285. The molecule has 0 fully saturated rings. The van der Waals surface area contributed by atoms with Crippen molar-refractivity contribution >= 4 is 5.57 Å². The van der Waals surface area contributed by atoms with Gasteiger partial charge in [-0.2, -0.15) is 0 Å². The van der Waals surface area contributed by atoms with Crippen molar-refractivity contribution in [1.29, 1.82) is 0 Å². The number of aromatic nitrogens is 4. The zero-order chi connectivity index (χ0) is 15.5. The fraction of sp³-hybridized carbons (Fsp3) is 0.375. The highest BCUT2D eigenvalue weighted by atomic mass is 16.5. The van der Waals surface area contributed by atoms with E-state index in [1.807, 2.05) is 0 Å². The lowest BCUT2D eigenvalue weighted by Gasteiger charge is -2.18. The Bertz CT molecular complexity index is 716. The minimum Gasteiger partial charge on any atom is -0.417 e. The number of rotatable bonds is 4. The Morgan fingerprint density at radius 2 is 2.00 bits per heavy atom. The van der Waals surface area contributed by atoms with Crippen LogP contribution in [0, 0.1) is 5.92 Å². The number of hydrogen-bond acceptors (Lipinski definition) is 6. The van der Waals surface area contributed by atoms with E-state index >= 15 is 0 Å². The van der Waals surface area contributed by atoms with Gasteiger partial charge >= 0.3 is 0 Å². The molecular weight excluding hydrogens is 280 g/mol. The van der Waals surface area contributed by atoms with Crippen molar-refractivity contribution in [3.8, 4) is 11.6 Å². The molecule has 2 aromatic rings. The number of allylic oxidation sites excluding steroid dienone is 4. The van der Waals surface area contributed by atoms with Crippen LogP contribution in [0.15, 0.2) is 34.5 Å². The molecule has 1 aliphatic carbocycles. The number of methoxy groups -OCH3 is 1. The van der Waals surface area contributed by atoms with E-state index < -0.39 is 0 Å². The summed E-state index contributed by atoms with van der Waals surface area (Å²) in [4.78, 5) is 8.88. The van der Waals surface area contributed by atoms with Crippen molar-refractivity contribution in [1.82, 2.24) is 20.2 Å². The molecule has 1 aliphatic rings. The van der Waals surface area contributed by atoms with Gasteiger partial charge in [-0.1, -0.05) is 24.6 Å². The molecule has 6 heteroatoms. The molecule has 114 valence electrons. The molecule has 0 aromatic carbocycles. The maximum absolute atomic E-state index is 5.46. The summed E-state index contributed by atoms with van der Waals surface area (Å²) in [5.41, 5.74) is 3.90. The highest BCUT2D eigenvalue weighted by Gasteiger charge is 2.15. The van der Waals surface area contributed by atoms with Crippen LogP contribution in [0.3, 0.4) is 0 Å². The van der Waals surface area contributed by atoms with E-state index in [2.05, 4.69) is 46.2 Å². The zero-order valence-electron chi connectivity index (χ0n) is 12.9. The van der Waals surface area contributed by atoms with Crippen LogP contribution in [-0.2, 0) is 11.3 Å². The van der Waals surface area contributed by atoms with Crippen LogP contribution in [0.1, 0.15) is 31.9 Å². The van der Waals surface area contributed by atoms with Crippen LogP contribution in [-0.4, -0.2) is 27.3 Å². The predicted molar refractivity (Wildman–Crippen MR) is 81.6 cm³/mol. The predicted octanol–water partition coefficient (Wildman–Crippen LogP) is 3.04. The fourth-order valence-electron chi connectivity index (χ4n) is 2.37. The largest absolute Gasteiger partial charge is 0.417 e. The second kappa shape index (κ2) is 6.19. The highest BCUT2D eigenvalue weighted by Crippen LogP contribution is 2.30. The van der Waals surface area contributed by atoms with E-state index in [1.165, 1.54) is 5.57 Å². The first-order valence-corrected chi connectivity index (χ1v) is 7.20. The van der Waals surface area contributed by atoms with Crippen LogP contribution >= 0.6 is 0 Å². The summed E-state index contributed by atoms with van der Waals surface area (Å²) >= 11 is 0. The quantitative estimate of drug-likeness (QED) is 0.863. The monoisotopic (exact) mass is 298 g/mol. The molecule has 0 amide bonds. The van der Waals surface area contributed by atoms with E-state index in [1.54, 1.807) is 19.5 Å². The summed E-state index contributed by atoms with van der Waals surface area (Å²) in [5.74, 6) is 1.31. The van der Waals surface area contributed by atoms with Crippen molar-refractivity contribution in [2.75, 3.05) is 7.11 Å². The van der Waals surface area contributed by atoms with Crippen molar-refractivity contribution in [2.24, 2.45) is 5.92 Å². The van der Waals surface area contributed by atoms with Gasteiger partial charge in [0, 0.05) is 12.7 Å². The molecular formula is C16H18N4O2. The van der Waals surface area contributed by atoms with Crippen LogP contribution in [0.5, 0.6) is 0 Å². The Kier molecular flexibility index (Phi) is 4.11. The first-order valence-electron chi connectivity index (χ1n) is 7.20. The Morgan fingerprint density at radius 3 is 2.73 bits per heavy atom. The summed E-state index contributed by atoms with van der Waals surface area (Å²) in [7, 11) is 1.58. The van der Waals surface area contributed by atoms with Gasteiger partial charge in [0.25, 0.3) is 5.89 Å². The summed E-state index contributed by atoms with van der Waals surface area (Å²) in [6.45, 7) is 4.65. The van der Waals surface area contributed by atoms with E-state index in [-0.39, 0.29) is 6.61 Å². The molecule has 0 spiro atoms. The number of ether oxygens (including phenoxy) is 1. The molecule has 0 N–H and O–H groups in total. The lowest BCUT2D eigenvalue weighted by atomic mass is 9.88. The van der Waals surface area contributed by atoms with Gasteiger partial charge in [0.2, 0.25) is 5.89 Å². The van der Waals surface area contributed by atoms with Crippen molar-refractivity contribution in [3.05, 3.63) is 41.7 Å². The number of nitrogens with zero attached hydrogens (tertiary/aromatic N) is 4. The number of hydrogen-bond donors (Lipinski definition) is 0. The van der Waals surface area contributed by atoms with Crippen molar-refractivity contribution < 1.29 is 9.15 Å². The van der Waals surface area contributed by atoms with Gasteiger partial charge in [-0.05, 0) is 19.3 Å². The van der Waals surface area contributed by atoms with E-state index in [0.717, 1.165) is 17.7 Å². The Balaban J connectivity index is 1.86. The first kappa shape index (κ1) is 14.6. The molecule has 3 rings (SSSR count). The van der Waals surface area contributed by atoms with Crippen LogP contribution < -0.4 is 0 Å². The topological polar surface area (TPSA) is 73.9 Å². The van der Waals surface area contributed by atoms with E-state index in [4.69, 9.17) is 9.15 Å². The van der Waals surface area contributed by atoms with Gasteiger partial charge in [0.1, 0.15) is 12.3 Å². The lowest BCUT2D eigenvalue weighted by molar-refractivity contribution is 0.160. The molecule has 1 atom stereocenters. The van der Waals surface area contributed by atoms with Gasteiger partial charge in [-0.25, -0.2) is 4.98 Å². The van der Waals surface area contributed by atoms with Crippen LogP contribution in [0.2, 0.25) is 0 Å². The lowest BCUT2D eigenvalue weighted by Crippen LogP contribution is -2.04. The van der Waals surface area contributed by atoms with Crippen LogP contribution in [0.4, 0.5) is 0 Å². The van der Waals surface area contributed by atoms with E-state index in [0.29, 0.717) is 23.4 Å².